The Morgan fingerprint density at radius 3 is 2.35 bits per heavy atom. The summed E-state index contributed by atoms with van der Waals surface area (Å²) in [6, 6.07) is 17.1. The third kappa shape index (κ3) is 6.23. The number of phenolic OH excluding ortho intramolecular Hbond substituents is 1. The lowest BCUT2D eigenvalue weighted by Crippen LogP contribution is -2.53. The number of aromatic nitrogens is 5. The molecule has 1 aliphatic carbocycles. The molecule has 2 aliphatic heterocycles. The lowest BCUT2D eigenvalue weighted by molar-refractivity contribution is -0.138. The number of phenols is 1. The molecule has 2 fully saturated rings. The molecule has 63 heavy (non-hydrogen) atoms. The van der Waals surface area contributed by atoms with Crippen molar-refractivity contribution in [3.63, 3.8) is 0 Å². The van der Waals surface area contributed by atoms with E-state index in [1.807, 2.05) is 0 Å². The Kier molecular flexibility index (Phi) is 10.2. The normalized spacial score (nSPS) is 20.3. The summed E-state index contributed by atoms with van der Waals surface area (Å²) >= 11 is 12.7. The van der Waals surface area contributed by atoms with Gasteiger partial charge in [0.05, 0.1) is 67.0 Å². The monoisotopic (exact) mass is 897 g/mol. The van der Waals surface area contributed by atoms with Crippen LogP contribution >= 0.6 is 23.2 Å². The highest BCUT2D eigenvalue weighted by molar-refractivity contribution is 6.36. The molecule has 4 heterocycles. The Balaban J connectivity index is 1.18. The Bertz CT molecular complexity index is 3120. The van der Waals surface area contributed by atoms with E-state index in [0.717, 1.165) is 15.6 Å². The van der Waals surface area contributed by atoms with Crippen molar-refractivity contribution in [3.8, 4) is 23.0 Å². The van der Waals surface area contributed by atoms with Crippen molar-refractivity contribution in [2.24, 2.45) is 13.0 Å². The zero-order valence-corrected chi connectivity index (χ0v) is 35.6. The minimum atomic E-state index is -1.86. The fraction of sp³-hybridized carbons (Fsp3) is 0.273. The minimum absolute atomic E-state index is 0.0185. The molecule has 0 radical (unpaired) electrons. The van der Waals surface area contributed by atoms with Crippen LogP contribution in [0.25, 0.3) is 11.0 Å². The largest absolute Gasteiger partial charge is 0.505 e. The van der Waals surface area contributed by atoms with Crippen LogP contribution in [0.5, 0.6) is 23.0 Å². The van der Waals surface area contributed by atoms with E-state index in [2.05, 4.69) is 10.4 Å². The number of para-hydroxylation sites is 1. The number of benzene rings is 4. The maximum Gasteiger partial charge on any atom is 0.347 e. The maximum absolute atomic E-state index is 15.5. The second-order valence-corrected chi connectivity index (χ2v) is 16.3. The number of nitrogens with one attached hydrogen (secondary N) is 1. The summed E-state index contributed by atoms with van der Waals surface area (Å²) in [6.07, 6.45) is 1.40. The number of rotatable bonds is 10. The van der Waals surface area contributed by atoms with Gasteiger partial charge in [0.2, 0.25) is 0 Å². The first-order chi connectivity index (χ1) is 30.2. The molecule has 4 atom stereocenters. The number of halogens is 3. The first-order valence-electron chi connectivity index (χ1n) is 19.7. The fourth-order valence-electron chi connectivity index (χ4n) is 9.54. The molecule has 4 aromatic carbocycles. The summed E-state index contributed by atoms with van der Waals surface area (Å²) < 4.78 is 36.6. The highest BCUT2D eigenvalue weighted by Crippen LogP contribution is 2.63. The van der Waals surface area contributed by atoms with Gasteiger partial charge in [-0.25, -0.2) is 32.9 Å². The molecule has 2 amide bonds. The Morgan fingerprint density at radius 1 is 0.921 bits per heavy atom. The number of methoxy groups -OCH3 is 3. The highest BCUT2D eigenvalue weighted by Gasteiger charge is 2.69. The van der Waals surface area contributed by atoms with Crippen molar-refractivity contribution >= 4 is 51.7 Å². The van der Waals surface area contributed by atoms with Gasteiger partial charge in [0.15, 0.2) is 23.1 Å². The molecule has 0 unspecified atom stereocenters. The average molecular weight is 899 g/mol. The average Bonchev–Trinajstić information content (AvgIpc) is 3.65. The summed E-state index contributed by atoms with van der Waals surface area (Å²) in [7, 11) is 6.00. The van der Waals surface area contributed by atoms with Crippen molar-refractivity contribution in [2.75, 3.05) is 26.8 Å². The van der Waals surface area contributed by atoms with Gasteiger partial charge in [-0.15, -0.1) is 0 Å². The number of hydrazine groups is 1. The zero-order valence-electron chi connectivity index (χ0n) is 34.1. The number of anilines is 1. The van der Waals surface area contributed by atoms with Gasteiger partial charge in [0, 0.05) is 48.6 Å². The van der Waals surface area contributed by atoms with Gasteiger partial charge in [-0.1, -0.05) is 53.5 Å². The molecule has 2 aromatic heterocycles. The summed E-state index contributed by atoms with van der Waals surface area (Å²) in [5, 5.41) is 12.8. The van der Waals surface area contributed by atoms with E-state index in [-0.39, 0.29) is 47.9 Å². The molecule has 324 valence electrons. The molecular formula is C44H38Cl2FN7O9. The lowest BCUT2D eigenvalue weighted by Gasteiger charge is -2.49. The van der Waals surface area contributed by atoms with Crippen LogP contribution in [0.2, 0.25) is 10.0 Å². The molecule has 9 rings (SSSR count). The van der Waals surface area contributed by atoms with Crippen molar-refractivity contribution < 1.29 is 33.3 Å². The van der Waals surface area contributed by atoms with Crippen LogP contribution in [-0.2, 0) is 41.6 Å². The van der Waals surface area contributed by atoms with Gasteiger partial charge in [0.1, 0.15) is 11.4 Å². The summed E-state index contributed by atoms with van der Waals surface area (Å²) in [4.78, 5) is 77.4. The van der Waals surface area contributed by atoms with E-state index >= 15 is 9.18 Å². The van der Waals surface area contributed by atoms with Crippen molar-refractivity contribution in [1.82, 2.24) is 28.5 Å². The fourth-order valence-corrected chi connectivity index (χ4v) is 9.99. The van der Waals surface area contributed by atoms with E-state index < -0.39 is 63.6 Å². The topological polar surface area (TPSA) is 181 Å². The summed E-state index contributed by atoms with van der Waals surface area (Å²) in [5.41, 5.74) is 1.03. The second-order valence-electron chi connectivity index (χ2n) is 15.4. The Hall–Kier alpha value is -6.85. The Morgan fingerprint density at radius 2 is 1.65 bits per heavy atom. The molecule has 1 saturated carbocycles. The third-order valence-corrected chi connectivity index (χ3v) is 13.0. The summed E-state index contributed by atoms with van der Waals surface area (Å²) in [6.45, 7) is -0.400. The van der Waals surface area contributed by atoms with Gasteiger partial charge in [-0.05, 0) is 54.0 Å². The van der Waals surface area contributed by atoms with Gasteiger partial charge < -0.3 is 23.9 Å². The predicted molar refractivity (Wildman–Crippen MR) is 229 cm³/mol. The number of carbonyl (C=O) groups is 2. The molecule has 0 bridgehead atoms. The molecule has 2 N–H and O–H groups in total. The van der Waals surface area contributed by atoms with Crippen molar-refractivity contribution in [3.05, 3.63) is 148 Å². The standard InChI is InChI=1S/C44H38Cl2FN7O9/c1-50-34-21-36(63-4)35(62-3)20-32(34)48-31(40(50)57)15-16-51-42(59)52-17-14-25-33(54(52)43(51)60)19-27-39(56)53(49-30-13-10-23(45)18-28(30)46)41(58)44(27,22-8-11-24(61-2)12-9-22)37(25)26-6-5-7-29(47)38(26)55/h5-14,18,20-21,27,33,37,49,55H,15-17,19H2,1-4H3/t27-,33+,37+,44+/m0/s1. The van der Waals surface area contributed by atoms with Crippen molar-refractivity contribution in [2.45, 2.75) is 43.3 Å². The van der Waals surface area contributed by atoms with Gasteiger partial charge >= 0.3 is 11.4 Å². The van der Waals surface area contributed by atoms with Crippen LogP contribution in [0, 0.1) is 11.7 Å². The third-order valence-electron chi connectivity index (χ3n) is 12.5. The minimum Gasteiger partial charge on any atom is -0.505 e. The van der Waals surface area contributed by atoms with Gasteiger partial charge in [-0.2, -0.15) is 5.01 Å². The number of imide groups is 1. The highest BCUT2D eigenvalue weighted by atomic mass is 35.5. The van der Waals surface area contributed by atoms with E-state index in [4.69, 9.17) is 37.4 Å². The molecule has 1 saturated heterocycles. The molecule has 0 spiro atoms. The number of ether oxygens (including phenoxy) is 3. The number of allylic oxidation sites excluding steroid dienone is 2. The number of nitrogens with zero attached hydrogens (tertiary/aromatic N) is 6. The van der Waals surface area contributed by atoms with Gasteiger partial charge in [-0.3, -0.25) is 19.8 Å². The van der Waals surface area contributed by atoms with Crippen LogP contribution in [0.3, 0.4) is 0 Å². The molecular weight excluding hydrogens is 860 g/mol. The lowest BCUT2D eigenvalue weighted by atomic mass is 9.53. The SMILES string of the molecule is COc1ccc([C@@]23C(=O)N(Nc4ccc(Cl)cc4Cl)C(=O)[C@@H]2C[C@@H]2C(=CCn4c(=O)n(CCc5nc6cc(OC)c(OC)cc6n(C)c5=O)c(=O)n42)[C@@H]3c2cccc(F)c2O)cc1. The number of carbonyl (C=O) groups excluding carboxylic acids is 2. The van der Waals surface area contributed by atoms with Crippen molar-refractivity contribution in [1.29, 1.82) is 0 Å². The number of aromatic hydroxyl groups is 1. The van der Waals surface area contributed by atoms with Crippen LogP contribution in [0.4, 0.5) is 10.1 Å². The molecule has 3 aliphatic rings. The van der Waals surface area contributed by atoms with E-state index in [9.17, 15) is 24.3 Å². The second kappa shape index (κ2) is 15.5. The predicted octanol–water partition coefficient (Wildman–Crippen LogP) is 5.10. The maximum atomic E-state index is 15.5. The van der Waals surface area contributed by atoms with Gasteiger partial charge in [0.25, 0.3) is 17.4 Å². The van der Waals surface area contributed by atoms with Crippen LogP contribution in [-0.4, -0.2) is 66.7 Å². The van der Waals surface area contributed by atoms with E-state index in [1.54, 1.807) is 49.5 Å². The number of fused-ring (bicyclic) bond motifs is 5. The number of amides is 2. The quantitative estimate of drug-likeness (QED) is 0.138. The number of aryl methyl sites for hydroxylation is 2. The van der Waals surface area contributed by atoms with Crippen LogP contribution in [0.15, 0.2) is 98.8 Å². The molecule has 19 heteroatoms. The zero-order chi connectivity index (χ0) is 44.6. The van der Waals surface area contributed by atoms with Crippen LogP contribution in [0.1, 0.15) is 35.2 Å². The smallest absolute Gasteiger partial charge is 0.347 e. The molecule has 6 aromatic rings. The first kappa shape index (κ1) is 41.5. The summed E-state index contributed by atoms with van der Waals surface area (Å²) in [5.74, 6) is -4.47. The Labute approximate surface area is 366 Å². The number of hydrogen-bond acceptors (Lipinski definition) is 11. The number of hydrogen-bond donors (Lipinski definition) is 2. The first-order valence-corrected chi connectivity index (χ1v) is 20.5. The molecule has 16 nitrogen and oxygen atoms in total. The van der Waals surface area contributed by atoms with E-state index in [0.29, 0.717) is 44.4 Å². The van der Waals surface area contributed by atoms with Crippen LogP contribution < -0.4 is 36.6 Å². The van der Waals surface area contributed by atoms with E-state index in [1.165, 1.54) is 65.6 Å².